The van der Waals surface area contributed by atoms with E-state index in [4.69, 9.17) is 0 Å². The van der Waals surface area contributed by atoms with Crippen molar-refractivity contribution >= 4 is 0 Å². The summed E-state index contributed by atoms with van der Waals surface area (Å²) in [5.41, 5.74) is 0.258. The molecule has 3 heteroatoms. The van der Waals surface area contributed by atoms with Gasteiger partial charge >= 0.3 is 0 Å². The molecule has 0 saturated carbocycles. The number of likely N-dealkylation sites (tertiary alicyclic amines) is 2. The number of nitrogens with zero attached hydrogens (tertiary/aromatic N) is 2. The van der Waals surface area contributed by atoms with E-state index in [2.05, 4.69) is 37.5 Å². The average Bonchev–Trinajstić information content (AvgIpc) is 2.47. The summed E-state index contributed by atoms with van der Waals surface area (Å²) in [6.07, 6.45) is 4.50. The van der Waals surface area contributed by atoms with Gasteiger partial charge < -0.3 is 14.9 Å². The second kappa shape index (κ2) is 6.76. The van der Waals surface area contributed by atoms with Crippen molar-refractivity contribution in [2.45, 2.75) is 65.5 Å². The molecular formula is C17H34N2O. The molecule has 2 fully saturated rings. The smallest absolute Gasteiger partial charge is 0.0558 e. The van der Waals surface area contributed by atoms with E-state index in [1.54, 1.807) is 0 Å². The zero-order valence-electron chi connectivity index (χ0n) is 13.9. The third-order valence-electron chi connectivity index (χ3n) is 5.11. The standard InChI is InChI=1S/C17H34N2O/c1-14(2)19-9-5-15(6-10-19)12-18-8-7-16(20)11-17(3,4)13-18/h14-16,20H,5-13H2,1-4H3. The maximum Gasteiger partial charge on any atom is 0.0558 e. The summed E-state index contributed by atoms with van der Waals surface area (Å²) in [4.78, 5) is 5.22. The average molecular weight is 282 g/mol. The van der Waals surface area contributed by atoms with Crippen molar-refractivity contribution in [2.75, 3.05) is 32.7 Å². The fourth-order valence-electron chi connectivity index (χ4n) is 3.99. The van der Waals surface area contributed by atoms with Crippen LogP contribution in [0.25, 0.3) is 0 Å². The van der Waals surface area contributed by atoms with Crippen molar-refractivity contribution < 1.29 is 5.11 Å². The van der Waals surface area contributed by atoms with Gasteiger partial charge in [0.2, 0.25) is 0 Å². The van der Waals surface area contributed by atoms with Crippen molar-refractivity contribution in [3.05, 3.63) is 0 Å². The molecule has 2 aliphatic rings. The highest BCUT2D eigenvalue weighted by Crippen LogP contribution is 2.30. The first-order valence-corrected chi connectivity index (χ1v) is 8.50. The zero-order valence-corrected chi connectivity index (χ0v) is 13.9. The van der Waals surface area contributed by atoms with Crippen LogP contribution in [0.3, 0.4) is 0 Å². The number of hydrogen-bond acceptors (Lipinski definition) is 3. The minimum atomic E-state index is -0.0993. The monoisotopic (exact) mass is 282 g/mol. The predicted molar refractivity (Wildman–Crippen MR) is 84.9 cm³/mol. The fraction of sp³-hybridized carbons (Fsp3) is 1.00. The summed E-state index contributed by atoms with van der Waals surface area (Å²) in [7, 11) is 0. The van der Waals surface area contributed by atoms with Crippen molar-refractivity contribution in [1.82, 2.24) is 9.80 Å². The van der Waals surface area contributed by atoms with Crippen LogP contribution in [0, 0.1) is 11.3 Å². The lowest BCUT2D eigenvalue weighted by Gasteiger charge is -2.38. The first-order chi connectivity index (χ1) is 9.35. The molecule has 0 bridgehead atoms. The molecule has 20 heavy (non-hydrogen) atoms. The number of piperidine rings is 1. The van der Waals surface area contributed by atoms with Crippen LogP contribution >= 0.6 is 0 Å². The van der Waals surface area contributed by atoms with Crippen LogP contribution in [0.2, 0.25) is 0 Å². The molecule has 3 nitrogen and oxygen atoms in total. The molecule has 1 unspecified atom stereocenters. The fourth-order valence-corrected chi connectivity index (χ4v) is 3.99. The molecule has 0 spiro atoms. The lowest BCUT2D eigenvalue weighted by Crippen LogP contribution is -2.43. The second-order valence-corrected chi connectivity index (χ2v) is 8.12. The number of hydrogen-bond donors (Lipinski definition) is 1. The van der Waals surface area contributed by atoms with Crippen molar-refractivity contribution in [2.24, 2.45) is 11.3 Å². The Kier molecular flexibility index (Phi) is 5.49. The first kappa shape index (κ1) is 16.3. The molecular weight excluding hydrogens is 248 g/mol. The van der Waals surface area contributed by atoms with Gasteiger partial charge in [-0.05, 0) is 64.0 Å². The number of rotatable bonds is 3. The maximum absolute atomic E-state index is 10.0. The Labute approximate surface area is 125 Å². The summed E-state index contributed by atoms with van der Waals surface area (Å²) in [6, 6.07) is 0.697. The van der Waals surface area contributed by atoms with Crippen LogP contribution in [0.1, 0.15) is 53.4 Å². The lowest BCUT2D eigenvalue weighted by atomic mass is 9.86. The number of aliphatic hydroxyl groups excluding tert-OH is 1. The van der Waals surface area contributed by atoms with Gasteiger partial charge in [-0.1, -0.05) is 13.8 Å². The first-order valence-electron chi connectivity index (χ1n) is 8.50. The number of aliphatic hydroxyl groups is 1. The summed E-state index contributed by atoms with van der Waals surface area (Å²) in [6.45, 7) is 15.2. The largest absolute Gasteiger partial charge is 0.393 e. The van der Waals surface area contributed by atoms with Crippen LogP contribution in [-0.2, 0) is 0 Å². The molecule has 1 N–H and O–H groups in total. The molecule has 118 valence electrons. The summed E-state index contributed by atoms with van der Waals surface area (Å²) < 4.78 is 0. The molecule has 2 aliphatic heterocycles. The zero-order chi connectivity index (χ0) is 14.8. The Balaban J connectivity index is 1.81. The minimum Gasteiger partial charge on any atom is -0.393 e. The Morgan fingerprint density at radius 1 is 1.10 bits per heavy atom. The molecule has 0 radical (unpaired) electrons. The molecule has 2 heterocycles. The van der Waals surface area contributed by atoms with Gasteiger partial charge in [-0.15, -0.1) is 0 Å². The van der Waals surface area contributed by atoms with E-state index >= 15 is 0 Å². The van der Waals surface area contributed by atoms with Crippen LogP contribution in [0.5, 0.6) is 0 Å². The molecule has 2 rings (SSSR count). The quantitative estimate of drug-likeness (QED) is 0.862. The summed E-state index contributed by atoms with van der Waals surface area (Å²) in [5, 5.41) is 10.0. The third kappa shape index (κ3) is 4.71. The third-order valence-corrected chi connectivity index (χ3v) is 5.11. The highest BCUT2D eigenvalue weighted by Gasteiger charge is 2.30. The van der Waals surface area contributed by atoms with E-state index in [1.807, 2.05) is 0 Å². The van der Waals surface area contributed by atoms with Crippen LogP contribution in [-0.4, -0.2) is 59.8 Å². The highest BCUT2D eigenvalue weighted by atomic mass is 16.3. The molecule has 2 saturated heterocycles. The van der Waals surface area contributed by atoms with Crippen molar-refractivity contribution in [3.63, 3.8) is 0 Å². The van der Waals surface area contributed by atoms with Gasteiger partial charge in [0.25, 0.3) is 0 Å². The molecule has 0 aromatic carbocycles. The molecule has 0 aromatic heterocycles. The van der Waals surface area contributed by atoms with Crippen molar-refractivity contribution in [1.29, 1.82) is 0 Å². The molecule has 0 aliphatic carbocycles. The normalized spacial score (nSPS) is 30.6. The Morgan fingerprint density at radius 2 is 1.75 bits per heavy atom. The van der Waals surface area contributed by atoms with E-state index in [1.165, 1.54) is 32.5 Å². The van der Waals surface area contributed by atoms with Gasteiger partial charge in [-0.2, -0.15) is 0 Å². The summed E-state index contributed by atoms with van der Waals surface area (Å²) >= 11 is 0. The van der Waals surface area contributed by atoms with Crippen molar-refractivity contribution in [3.8, 4) is 0 Å². The van der Waals surface area contributed by atoms with Crippen LogP contribution < -0.4 is 0 Å². The maximum atomic E-state index is 10.0. The second-order valence-electron chi connectivity index (χ2n) is 8.12. The Hall–Kier alpha value is -0.120. The Bertz CT molecular complexity index is 295. The minimum absolute atomic E-state index is 0.0993. The molecule has 0 amide bonds. The van der Waals surface area contributed by atoms with Crippen LogP contribution in [0.4, 0.5) is 0 Å². The van der Waals surface area contributed by atoms with E-state index < -0.39 is 0 Å². The van der Waals surface area contributed by atoms with E-state index in [9.17, 15) is 5.11 Å². The van der Waals surface area contributed by atoms with E-state index in [0.29, 0.717) is 6.04 Å². The topological polar surface area (TPSA) is 26.7 Å². The molecule has 0 aromatic rings. The summed E-state index contributed by atoms with van der Waals surface area (Å²) in [5.74, 6) is 0.857. The Morgan fingerprint density at radius 3 is 2.35 bits per heavy atom. The lowest BCUT2D eigenvalue weighted by molar-refractivity contribution is 0.106. The van der Waals surface area contributed by atoms with Gasteiger partial charge in [0.1, 0.15) is 0 Å². The van der Waals surface area contributed by atoms with Crippen LogP contribution in [0.15, 0.2) is 0 Å². The van der Waals surface area contributed by atoms with Gasteiger partial charge in [-0.25, -0.2) is 0 Å². The predicted octanol–water partition coefficient (Wildman–Crippen LogP) is 2.59. The van der Waals surface area contributed by atoms with Gasteiger partial charge in [0, 0.05) is 25.7 Å². The molecule has 1 atom stereocenters. The highest BCUT2D eigenvalue weighted by molar-refractivity contribution is 4.84. The van der Waals surface area contributed by atoms with E-state index in [0.717, 1.165) is 31.8 Å². The van der Waals surface area contributed by atoms with E-state index in [-0.39, 0.29) is 11.5 Å². The van der Waals surface area contributed by atoms with Gasteiger partial charge in [-0.3, -0.25) is 0 Å². The van der Waals surface area contributed by atoms with Gasteiger partial charge in [0.05, 0.1) is 6.10 Å². The SMILES string of the molecule is CC(C)N1CCC(CN2CCC(O)CC(C)(C)C2)CC1. The van der Waals surface area contributed by atoms with Gasteiger partial charge in [0.15, 0.2) is 0 Å².